The van der Waals surface area contributed by atoms with Gasteiger partial charge >= 0.3 is 0 Å². The van der Waals surface area contributed by atoms with Gasteiger partial charge < -0.3 is 5.73 Å². The zero-order chi connectivity index (χ0) is 14.6. The molecule has 0 radical (unpaired) electrons. The van der Waals surface area contributed by atoms with Gasteiger partial charge in [-0.1, -0.05) is 11.6 Å². The third-order valence-corrected chi connectivity index (χ3v) is 4.70. The van der Waals surface area contributed by atoms with E-state index in [1.165, 1.54) is 12.8 Å². The smallest absolute Gasteiger partial charge is 0.117 e. The predicted octanol–water partition coefficient (Wildman–Crippen LogP) is 4.90. The van der Waals surface area contributed by atoms with E-state index in [0.29, 0.717) is 10.9 Å². The number of nitrogen functional groups attached to an aromatic ring is 1. The van der Waals surface area contributed by atoms with E-state index < -0.39 is 0 Å². The van der Waals surface area contributed by atoms with Gasteiger partial charge in [-0.15, -0.1) is 0 Å². The van der Waals surface area contributed by atoms with Crippen LogP contribution in [0.1, 0.15) is 24.6 Å². The largest absolute Gasteiger partial charge is 0.399 e. The summed E-state index contributed by atoms with van der Waals surface area (Å²) in [5.74, 6) is 1.63. The summed E-state index contributed by atoms with van der Waals surface area (Å²) < 4.78 is 3.20. The summed E-state index contributed by atoms with van der Waals surface area (Å²) in [6, 6.07) is 11.7. The van der Waals surface area contributed by atoms with Crippen LogP contribution in [0.3, 0.4) is 0 Å². The number of imidazole rings is 1. The molecule has 0 saturated heterocycles. The molecule has 2 aromatic carbocycles. The molecule has 3 aromatic rings. The average molecular weight is 363 g/mol. The summed E-state index contributed by atoms with van der Waals surface area (Å²) in [6.07, 6.45) is 2.38. The van der Waals surface area contributed by atoms with Crippen molar-refractivity contribution in [2.45, 2.75) is 18.8 Å². The Bertz CT molecular complexity index is 852. The van der Waals surface area contributed by atoms with Crippen molar-refractivity contribution in [3.63, 3.8) is 0 Å². The molecule has 1 saturated carbocycles. The number of rotatable bonds is 2. The molecule has 0 unspecified atom stereocenters. The van der Waals surface area contributed by atoms with Crippen LogP contribution < -0.4 is 5.73 Å². The van der Waals surface area contributed by atoms with Crippen LogP contribution in [0.25, 0.3) is 16.7 Å². The van der Waals surface area contributed by atoms with Gasteiger partial charge in [-0.2, -0.15) is 0 Å². The van der Waals surface area contributed by atoms with Gasteiger partial charge in [0.05, 0.1) is 16.7 Å². The second kappa shape index (κ2) is 4.75. The van der Waals surface area contributed by atoms with E-state index in [-0.39, 0.29) is 0 Å². The van der Waals surface area contributed by atoms with Crippen LogP contribution in [0.2, 0.25) is 5.02 Å². The van der Waals surface area contributed by atoms with Crippen molar-refractivity contribution in [1.82, 2.24) is 9.55 Å². The lowest BCUT2D eigenvalue weighted by atomic mass is 10.2. The number of nitrogens with zero attached hydrogens (tertiary/aromatic N) is 2. The third-order valence-electron chi connectivity index (χ3n) is 3.80. The molecule has 0 atom stereocenters. The van der Waals surface area contributed by atoms with Gasteiger partial charge in [0.25, 0.3) is 0 Å². The Balaban J connectivity index is 2.06. The summed E-state index contributed by atoms with van der Waals surface area (Å²) in [5, 5.41) is 0.715. The molecular weight excluding hydrogens is 350 g/mol. The molecule has 106 valence electrons. The molecular formula is C16H13BrClN3. The molecule has 0 aliphatic heterocycles. The topological polar surface area (TPSA) is 43.8 Å². The molecule has 0 bridgehead atoms. The highest BCUT2D eigenvalue weighted by molar-refractivity contribution is 9.10. The number of hydrogen-bond donors (Lipinski definition) is 1. The van der Waals surface area contributed by atoms with Crippen molar-refractivity contribution in [2.24, 2.45) is 0 Å². The van der Waals surface area contributed by atoms with Crippen LogP contribution in [0.4, 0.5) is 5.69 Å². The fourth-order valence-electron chi connectivity index (χ4n) is 2.64. The number of halogens is 2. The second-order valence-electron chi connectivity index (χ2n) is 5.42. The van der Waals surface area contributed by atoms with Gasteiger partial charge in [-0.3, -0.25) is 4.57 Å². The van der Waals surface area contributed by atoms with E-state index in [1.807, 2.05) is 36.4 Å². The number of benzene rings is 2. The van der Waals surface area contributed by atoms with Crippen molar-refractivity contribution in [2.75, 3.05) is 5.73 Å². The molecule has 1 aliphatic rings. The van der Waals surface area contributed by atoms with Gasteiger partial charge in [0.15, 0.2) is 0 Å². The van der Waals surface area contributed by atoms with E-state index in [0.717, 1.165) is 32.7 Å². The summed E-state index contributed by atoms with van der Waals surface area (Å²) in [5.41, 5.74) is 9.65. The molecule has 1 aromatic heterocycles. The minimum atomic E-state index is 0.532. The SMILES string of the molecule is Nc1ccc2c(c1)nc(C1CC1)n2-c1cc(Cl)ccc1Br. The Hall–Kier alpha value is -1.52. The molecule has 5 heteroatoms. The van der Waals surface area contributed by atoms with E-state index >= 15 is 0 Å². The van der Waals surface area contributed by atoms with Crippen LogP contribution in [0.5, 0.6) is 0 Å². The standard InChI is InChI=1S/C16H13BrClN3/c17-12-5-3-10(18)7-15(12)21-14-6-4-11(19)8-13(14)20-16(21)9-1-2-9/h3-9H,1-2,19H2. The minimum absolute atomic E-state index is 0.532. The van der Waals surface area contributed by atoms with Crippen LogP contribution in [0.15, 0.2) is 40.9 Å². The highest BCUT2D eigenvalue weighted by Gasteiger charge is 2.30. The Morgan fingerprint density at radius 1 is 1.19 bits per heavy atom. The Morgan fingerprint density at radius 2 is 2.00 bits per heavy atom. The molecule has 1 heterocycles. The Kier molecular flexibility index (Phi) is 2.98. The van der Waals surface area contributed by atoms with E-state index in [4.69, 9.17) is 22.3 Å². The van der Waals surface area contributed by atoms with Crippen molar-refractivity contribution >= 4 is 44.3 Å². The van der Waals surface area contributed by atoms with Crippen molar-refractivity contribution in [3.8, 4) is 5.69 Å². The summed E-state index contributed by atoms with van der Waals surface area (Å²) in [4.78, 5) is 4.80. The maximum atomic E-state index is 6.18. The third kappa shape index (κ3) is 2.23. The lowest BCUT2D eigenvalue weighted by Gasteiger charge is -2.11. The summed E-state index contributed by atoms with van der Waals surface area (Å²) in [6.45, 7) is 0. The molecule has 21 heavy (non-hydrogen) atoms. The van der Waals surface area contributed by atoms with Crippen molar-refractivity contribution in [1.29, 1.82) is 0 Å². The highest BCUT2D eigenvalue weighted by atomic mass is 79.9. The molecule has 1 fully saturated rings. The van der Waals surface area contributed by atoms with E-state index in [2.05, 4.69) is 20.5 Å². The number of nitrogens with two attached hydrogens (primary N) is 1. The fourth-order valence-corrected chi connectivity index (χ4v) is 3.23. The van der Waals surface area contributed by atoms with Crippen molar-refractivity contribution in [3.05, 3.63) is 51.7 Å². The molecule has 4 rings (SSSR count). The number of anilines is 1. The lowest BCUT2D eigenvalue weighted by Crippen LogP contribution is -2.01. The predicted molar refractivity (Wildman–Crippen MR) is 90.2 cm³/mol. The number of aromatic nitrogens is 2. The average Bonchev–Trinajstić information content (AvgIpc) is 3.23. The first-order valence-corrected chi connectivity index (χ1v) is 8.04. The maximum Gasteiger partial charge on any atom is 0.117 e. The molecule has 1 aliphatic carbocycles. The molecule has 3 nitrogen and oxygen atoms in total. The quantitative estimate of drug-likeness (QED) is 0.659. The van der Waals surface area contributed by atoms with E-state index in [9.17, 15) is 0 Å². The van der Waals surface area contributed by atoms with Crippen LogP contribution >= 0.6 is 27.5 Å². The lowest BCUT2D eigenvalue weighted by molar-refractivity contribution is 0.894. The maximum absolute atomic E-state index is 6.18. The minimum Gasteiger partial charge on any atom is -0.399 e. The van der Waals surface area contributed by atoms with Gasteiger partial charge in [-0.05, 0) is 65.2 Å². The zero-order valence-electron chi connectivity index (χ0n) is 11.2. The molecule has 2 N–H and O–H groups in total. The Labute approximate surface area is 135 Å². The zero-order valence-corrected chi connectivity index (χ0v) is 13.5. The first-order chi connectivity index (χ1) is 10.1. The molecule has 0 spiro atoms. The normalized spacial score (nSPS) is 14.8. The Morgan fingerprint density at radius 3 is 2.76 bits per heavy atom. The monoisotopic (exact) mass is 361 g/mol. The van der Waals surface area contributed by atoms with Gasteiger partial charge in [0.2, 0.25) is 0 Å². The first-order valence-electron chi connectivity index (χ1n) is 6.87. The van der Waals surface area contributed by atoms with Crippen LogP contribution in [-0.2, 0) is 0 Å². The first kappa shape index (κ1) is 13.2. The summed E-state index contributed by atoms with van der Waals surface area (Å²) >= 11 is 9.81. The molecule has 0 amide bonds. The van der Waals surface area contributed by atoms with Gasteiger partial charge in [-0.25, -0.2) is 4.98 Å². The van der Waals surface area contributed by atoms with Gasteiger partial charge in [0.1, 0.15) is 5.82 Å². The van der Waals surface area contributed by atoms with Gasteiger partial charge in [0, 0.05) is 21.1 Å². The van der Waals surface area contributed by atoms with Crippen LogP contribution in [0, 0.1) is 0 Å². The highest BCUT2D eigenvalue weighted by Crippen LogP contribution is 2.43. The fraction of sp³-hybridized carbons (Fsp3) is 0.188. The second-order valence-corrected chi connectivity index (χ2v) is 6.71. The van der Waals surface area contributed by atoms with Crippen molar-refractivity contribution < 1.29 is 0 Å². The van der Waals surface area contributed by atoms with Crippen LogP contribution in [-0.4, -0.2) is 9.55 Å². The number of fused-ring (bicyclic) bond motifs is 1. The number of hydrogen-bond acceptors (Lipinski definition) is 2. The van der Waals surface area contributed by atoms with E-state index in [1.54, 1.807) is 0 Å². The summed E-state index contributed by atoms with van der Waals surface area (Å²) in [7, 11) is 0.